The fourth-order valence-corrected chi connectivity index (χ4v) is 1.99. The van der Waals surface area contributed by atoms with Crippen molar-refractivity contribution in [2.75, 3.05) is 19.5 Å². The molecule has 1 aromatic carbocycles. The molecule has 1 N–H and O–H groups in total. The van der Waals surface area contributed by atoms with Crippen LogP contribution in [0.1, 0.15) is 10.4 Å². The third-order valence-electron chi connectivity index (χ3n) is 2.58. The lowest BCUT2D eigenvalue weighted by atomic mass is 10.2. The van der Waals surface area contributed by atoms with E-state index in [1.54, 1.807) is 36.7 Å². The summed E-state index contributed by atoms with van der Waals surface area (Å²) in [6, 6.07) is 6.76. The third kappa shape index (κ3) is 3.48. The molecule has 1 aromatic heterocycles. The second kappa shape index (κ2) is 6.38. The number of amides is 1. The van der Waals surface area contributed by atoms with E-state index in [0.717, 1.165) is 4.47 Å². The van der Waals surface area contributed by atoms with Gasteiger partial charge in [0.2, 0.25) is 0 Å². The number of aromatic nitrogens is 1. The molecule has 104 valence electrons. The Morgan fingerprint density at radius 1 is 1.10 bits per heavy atom. The van der Waals surface area contributed by atoms with Crippen molar-refractivity contribution in [3.8, 4) is 11.5 Å². The van der Waals surface area contributed by atoms with Gasteiger partial charge in [0.05, 0.1) is 26.1 Å². The maximum Gasteiger partial charge on any atom is 0.255 e. The number of rotatable bonds is 4. The highest BCUT2D eigenvalue weighted by Crippen LogP contribution is 2.23. The Balaban J connectivity index is 2.24. The van der Waals surface area contributed by atoms with Gasteiger partial charge in [-0.15, -0.1) is 0 Å². The standard InChI is InChI=1S/C14H13BrN2O3/c1-19-12-3-9(4-13(6-12)20-2)14(18)17-11-5-10(15)7-16-8-11/h3-8H,1-2H3,(H,17,18). The SMILES string of the molecule is COc1cc(OC)cc(C(=O)Nc2cncc(Br)c2)c1. The van der Waals surface area contributed by atoms with Gasteiger partial charge in [-0.2, -0.15) is 0 Å². The number of carbonyl (C=O) groups excluding carboxylic acids is 1. The van der Waals surface area contributed by atoms with Crippen LogP contribution in [0.15, 0.2) is 41.1 Å². The zero-order valence-corrected chi connectivity index (χ0v) is 12.6. The molecule has 0 unspecified atom stereocenters. The Labute approximate surface area is 125 Å². The number of nitrogens with zero attached hydrogens (tertiary/aromatic N) is 1. The minimum absolute atomic E-state index is 0.262. The minimum Gasteiger partial charge on any atom is -0.497 e. The van der Waals surface area contributed by atoms with Crippen molar-refractivity contribution in [3.63, 3.8) is 0 Å². The average molecular weight is 337 g/mol. The molecular weight excluding hydrogens is 324 g/mol. The normalized spacial score (nSPS) is 9.95. The molecule has 20 heavy (non-hydrogen) atoms. The number of benzene rings is 1. The Kier molecular flexibility index (Phi) is 4.57. The van der Waals surface area contributed by atoms with Gasteiger partial charge < -0.3 is 14.8 Å². The number of hydrogen-bond donors (Lipinski definition) is 1. The number of anilines is 1. The summed E-state index contributed by atoms with van der Waals surface area (Å²) in [6.07, 6.45) is 3.21. The van der Waals surface area contributed by atoms with E-state index in [9.17, 15) is 4.79 Å². The van der Waals surface area contributed by atoms with Gasteiger partial charge in [0.25, 0.3) is 5.91 Å². The molecular formula is C14H13BrN2O3. The molecule has 0 aliphatic rings. The first kappa shape index (κ1) is 14.3. The molecule has 0 bridgehead atoms. The molecule has 0 radical (unpaired) electrons. The molecule has 1 heterocycles. The summed E-state index contributed by atoms with van der Waals surface area (Å²) < 4.78 is 11.1. The Hall–Kier alpha value is -2.08. The van der Waals surface area contributed by atoms with Crippen LogP contribution >= 0.6 is 15.9 Å². The average Bonchev–Trinajstić information content (AvgIpc) is 2.46. The van der Waals surface area contributed by atoms with Gasteiger partial charge in [-0.1, -0.05) is 0 Å². The van der Waals surface area contributed by atoms with E-state index in [1.807, 2.05) is 0 Å². The number of methoxy groups -OCH3 is 2. The molecule has 1 amide bonds. The molecule has 6 heteroatoms. The number of carbonyl (C=O) groups is 1. The van der Waals surface area contributed by atoms with Gasteiger partial charge in [0, 0.05) is 22.3 Å². The van der Waals surface area contributed by atoms with Gasteiger partial charge in [-0.25, -0.2) is 0 Å². The fourth-order valence-electron chi connectivity index (χ4n) is 1.62. The molecule has 0 saturated carbocycles. The van der Waals surface area contributed by atoms with Crippen LogP contribution in [0.2, 0.25) is 0 Å². The predicted octanol–water partition coefficient (Wildman–Crippen LogP) is 3.11. The van der Waals surface area contributed by atoms with Gasteiger partial charge in [0.1, 0.15) is 11.5 Å². The Morgan fingerprint density at radius 3 is 2.30 bits per heavy atom. The van der Waals surface area contributed by atoms with E-state index < -0.39 is 0 Å². The third-order valence-corrected chi connectivity index (χ3v) is 3.01. The molecule has 5 nitrogen and oxygen atoms in total. The van der Waals surface area contributed by atoms with Crippen LogP contribution in [0.3, 0.4) is 0 Å². The molecule has 2 rings (SSSR count). The van der Waals surface area contributed by atoms with Crippen molar-refractivity contribution in [1.82, 2.24) is 4.98 Å². The highest BCUT2D eigenvalue weighted by atomic mass is 79.9. The number of pyridine rings is 1. The fraction of sp³-hybridized carbons (Fsp3) is 0.143. The van der Waals surface area contributed by atoms with Gasteiger partial charge >= 0.3 is 0 Å². The number of nitrogens with one attached hydrogen (secondary N) is 1. The Bertz CT molecular complexity index is 609. The van der Waals surface area contributed by atoms with Crippen LogP contribution in [0.4, 0.5) is 5.69 Å². The van der Waals surface area contributed by atoms with E-state index >= 15 is 0 Å². The lowest BCUT2D eigenvalue weighted by molar-refractivity contribution is 0.102. The van der Waals surface area contributed by atoms with Crippen LogP contribution in [-0.4, -0.2) is 25.1 Å². The van der Waals surface area contributed by atoms with Crippen molar-refractivity contribution in [1.29, 1.82) is 0 Å². The van der Waals surface area contributed by atoms with Crippen LogP contribution in [0, 0.1) is 0 Å². The van der Waals surface area contributed by atoms with Crippen LogP contribution < -0.4 is 14.8 Å². The summed E-state index contributed by atoms with van der Waals surface area (Å²) in [5, 5.41) is 2.76. The number of halogens is 1. The topological polar surface area (TPSA) is 60.5 Å². The van der Waals surface area contributed by atoms with Gasteiger partial charge in [-0.05, 0) is 34.1 Å². The van der Waals surface area contributed by atoms with Gasteiger partial charge in [-0.3, -0.25) is 9.78 Å². The summed E-state index contributed by atoms with van der Waals surface area (Å²) >= 11 is 3.30. The smallest absolute Gasteiger partial charge is 0.255 e. The molecule has 0 aliphatic heterocycles. The minimum atomic E-state index is -0.262. The monoisotopic (exact) mass is 336 g/mol. The van der Waals surface area contributed by atoms with E-state index in [4.69, 9.17) is 9.47 Å². The zero-order valence-electron chi connectivity index (χ0n) is 11.0. The van der Waals surface area contributed by atoms with E-state index in [1.165, 1.54) is 14.2 Å². The summed E-state index contributed by atoms with van der Waals surface area (Å²) in [6.45, 7) is 0. The summed E-state index contributed by atoms with van der Waals surface area (Å²) in [5.74, 6) is 0.853. The molecule has 0 spiro atoms. The van der Waals surface area contributed by atoms with E-state index in [2.05, 4.69) is 26.2 Å². The maximum atomic E-state index is 12.2. The first-order valence-electron chi connectivity index (χ1n) is 5.77. The summed E-state index contributed by atoms with van der Waals surface area (Å²) in [5.41, 5.74) is 1.05. The molecule has 0 saturated heterocycles. The van der Waals surface area contributed by atoms with Crippen LogP contribution in [0.25, 0.3) is 0 Å². The lowest BCUT2D eigenvalue weighted by Gasteiger charge is -2.09. The summed E-state index contributed by atoms with van der Waals surface area (Å²) in [7, 11) is 3.07. The molecule has 0 aliphatic carbocycles. The highest BCUT2D eigenvalue weighted by Gasteiger charge is 2.10. The molecule has 0 fully saturated rings. The zero-order chi connectivity index (χ0) is 14.5. The van der Waals surface area contributed by atoms with Crippen molar-refractivity contribution < 1.29 is 14.3 Å². The maximum absolute atomic E-state index is 12.2. The Morgan fingerprint density at radius 2 is 1.75 bits per heavy atom. The van der Waals surface area contributed by atoms with Crippen LogP contribution in [0.5, 0.6) is 11.5 Å². The second-order valence-corrected chi connectivity index (χ2v) is 4.86. The molecule has 2 aromatic rings. The van der Waals surface area contributed by atoms with Crippen molar-refractivity contribution in [2.45, 2.75) is 0 Å². The largest absolute Gasteiger partial charge is 0.497 e. The number of ether oxygens (including phenoxy) is 2. The predicted molar refractivity (Wildman–Crippen MR) is 79.4 cm³/mol. The lowest BCUT2D eigenvalue weighted by Crippen LogP contribution is -2.12. The van der Waals surface area contributed by atoms with Gasteiger partial charge in [0.15, 0.2) is 0 Å². The van der Waals surface area contributed by atoms with E-state index in [-0.39, 0.29) is 5.91 Å². The van der Waals surface area contributed by atoms with Crippen molar-refractivity contribution >= 4 is 27.5 Å². The second-order valence-electron chi connectivity index (χ2n) is 3.95. The van der Waals surface area contributed by atoms with Crippen molar-refractivity contribution in [2.24, 2.45) is 0 Å². The van der Waals surface area contributed by atoms with Crippen molar-refractivity contribution in [3.05, 3.63) is 46.7 Å². The first-order chi connectivity index (χ1) is 9.62. The van der Waals surface area contributed by atoms with Crippen LogP contribution in [-0.2, 0) is 0 Å². The highest BCUT2D eigenvalue weighted by molar-refractivity contribution is 9.10. The summed E-state index contributed by atoms with van der Waals surface area (Å²) in [4.78, 5) is 16.2. The number of hydrogen-bond acceptors (Lipinski definition) is 4. The molecule has 0 atom stereocenters. The first-order valence-corrected chi connectivity index (χ1v) is 6.56. The quantitative estimate of drug-likeness (QED) is 0.931. The van der Waals surface area contributed by atoms with E-state index in [0.29, 0.717) is 22.7 Å².